The number of ether oxygens (including phenoxy) is 1. The van der Waals surface area contributed by atoms with E-state index in [1.165, 1.54) is 19.1 Å². The molecular formula is C14H13ClF3N3O2. The molecule has 0 fully saturated rings. The second-order valence-electron chi connectivity index (χ2n) is 4.40. The fourth-order valence-corrected chi connectivity index (χ4v) is 2.11. The van der Waals surface area contributed by atoms with Crippen molar-refractivity contribution in [2.45, 2.75) is 19.1 Å². The number of nitrogens with one attached hydrogen (secondary N) is 1. The second kappa shape index (κ2) is 6.91. The normalized spacial score (nSPS) is 11.3. The van der Waals surface area contributed by atoms with Gasteiger partial charge in [-0.15, -0.1) is 16.7 Å². The van der Waals surface area contributed by atoms with Crippen LogP contribution in [-0.4, -0.2) is 22.3 Å². The average molecular weight is 348 g/mol. The van der Waals surface area contributed by atoms with Gasteiger partial charge in [0.1, 0.15) is 6.00 Å². The number of benzene rings is 1. The molecule has 2 rings (SSSR count). The zero-order valence-corrected chi connectivity index (χ0v) is 12.8. The van der Waals surface area contributed by atoms with E-state index in [1.54, 1.807) is 18.2 Å². The molecule has 2 aromatic rings. The van der Waals surface area contributed by atoms with Gasteiger partial charge >= 0.3 is 6.18 Å². The third kappa shape index (κ3) is 3.76. The van der Waals surface area contributed by atoms with E-state index < -0.39 is 29.5 Å². The summed E-state index contributed by atoms with van der Waals surface area (Å²) in [4.78, 5) is 12.1. The smallest absolute Gasteiger partial charge is 0.436 e. The Balaban J connectivity index is 2.42. The maximum atomic E-state index is 13.2. The Morgan fingerprint density at radius 1 is 1.35 bits per heavy atom. The number of amides is 1. The molecule has 0 aliphatic carbocycles. The SMILES string of the molecule is CCOc1c(NC(=O)c2ccccc2)nn(CCl)c1C(F)(F)F. The topological polar surface area (TPSA) is 56.1 Å². The van der Waals surface area contributed by atoms with Crippen LogP contribution in [0.5, 0.6) is 5.75 Å². The molecule has 9 heteroatoms. The highest BCUT2D eigenvalue weighted by molar-refractivity contribution is 6.15. The lowest BCUT2D eigenvalue weighted by Crippen LogP contribution is -2.15. The Bertz CT molecular complexity index is 687. The number of aromatic nitrogens is 2. The van der Waals surface area contributed by atoms with Gasteiger partial charge in [0, 0.05) is 5.56 Å². The standard InChI is InChI=1S/C14H13ClF3N3O2/c1-2-23-10-11(14(16,17)18)21(8-15)20-12(10)19-13(22)9-6-4-3-5-7-9/h3-7H,2,8H2,1H3,(H,19,20,22). The van der Waals surface area contributed by atoms with Crippen LogP contribution in [0.1, 0.15) is 23.0 Å². The highest BCUT2D eigenvalue weighted by Gasteiger charge is 2.41. The molecule has 1 aromatic heterocycles. The highest BCUT2D eigenvalue weighted by Crippen LogP contribution is 2.41. The van der Waals surface area contributed by atoms with Crippen LogP contribution in [-0.2, 0) is 12.2 Å². The van der Waals surface area contributed by atoms with Gasteiger partial charge in [-0.1, -0.05) is 18.2 Å². The first kappa shape index (κ1) is 17.1. The number of rotatable bonds is 5. The van der Waals surface area contributed by atoms with E-state index in [4.69, 9.17) is 16.3 Å². The quantitative estimate of drug-likeness (QED) is 0.838. The summed E-state index contributed by atoms with van der Waals surface area (Å²) in [7, 11) is 0. The predicted octanol–water partition coefficient (Wildman–Crippen LogP) is 3.75. The molecule has 0 radical (unpaired) electrons. The molecule has 0 unspecified atom stereocenters. The van der Waals surface area contributed by atoms with Crippen LogP contribution in [0.25, 0.3) is 0 Å². The van der Waals surface area contributed by atoms with E-state index in [2.05, 4.69) is 10.4 Å². The number of halogens is 4. The van der Waals surface area contributed by atoms with Crippen LogP contribution < -0.4 is 10.1 Å². The first-order valence-electron chi connectivity index (χ1n) is 6.61. The largest absolute Gasteiger partial charge is 0.488 e. The average Bonchev–Trinajstić information content (AvgIpc) is 2.86. The number of alkyl halides is 4. The summed E-state index contributed by atoms with van der Waals surface area (Å²) < 4.78 is 45.1. The van der Waals surface area contributed by atoms with Crippen LogP contribution >= 0.6 is 11.6 Å². The minimum atomic E-state index is -4.72. The van der Waals surface area contributed by atoms with E-state index in [0.717, 1.165) is 0 Å². The molecule has 0 atom stereocenters. The zero-order valence-electron chi connectivity index (χ0n) is 12.0. The van der Waals surface area contributed by atoms with E-state index in [0.29, 0.717) is 4.68 Å². The lowest BCUT2D eigenvalue weighted by molar-refractivity contribution is -0.145. The molecule has 1 amide bonds. The molecule has 0 spiro atoms. The Morgan fingerprint density at radius 2 is 2.00 bits per heavy atom. The Kier molecular flexibility index (Phi) is 5.15. The first-order chi connectivity index (χ1) is 10.9. The van der Waals surface area contributed by atoms with Gasteiger partial charge in [-0.05, 0) is 19.1 Å². The molecule has 1 N–H and O–H groups in total. The Hall–Kier alpha value is -2.22. The summed E-state index contributed by atoms with van der Waals surface area (Å²) >= 11 is 5.51. The molecule has 1 heterocycles. The summed E-state index contributed by atoms with van der Waals surface area (Å²) in [5.74, 6) is -1.47. The van der Waals surface area contributed by atoms with Crippen molar-refractivity contribution < 1.29 is 22.7 Å². The molecule has 23 heavy (non-hydrogen) atoms. The molecule has 1 aromatic carbocycles. The lowest BCUT2D eigenvalue weighted by atomic mass is 10.2. The summed E-state index contributed by atoms with van der Waals surface area (Å²) in [6, 6.07) is 7.51. The van der Waals surface area contributed by atoms with E-state index >= 15 is 0 Å². The number of hydrogen-bond donors (Lipinski definition) is 1. The Labute approximate surface area is 135 Å². The number of anilines is 1. The molecule has 0 aliphatic rings. The van der Waals surface area contributed by atoms with Crippen LogP contribution in [0.2, 0.25) is 0 Å². The van der Waals surface area contributed by atoms with Crippen LogP contribution in [0.4, 0.5) is 19.0 Å². The molecule has 0 bridgehead atoms. The Morgan fingerprint density at radius 3 is 2.52 bits per heavy atom. The zero-order chi connectivity index (χ0) is 17.0. The van der Waals surface area contributed by atoms with Crippen molar-refractivity contribution in [1.82, 2.24) is 9.78 Å². The fourth-order valence-electron chi connectivity index (χ4n) is 1.94. The number of hydrogen-bond acceptors (Lipinski definition) is 3. The minimum absolute atomic E-state index is 0.0226. The maximum Gasteiger partial charge on any atom is 0.436 e. The molecule has 5 nitrogen and oxygen atoms in total. The fraction of sp³-hybridized carbons (Fsp3) is 0.286. The third-order valence-electron chi connectivity index (χ3n) is 2.85. The number of carbonyl (C=O) groups excluding carboxylic acids is 1. The van der Waals surface area contributed by atoms with Crippen molar-refractivity contribution in [2.75, 3.05) is 11.9 Å². The van der Waals surface area contributed by atoms with Crippen molar-refractivity contribution in [2.24, 2.45) is 0 Å². The van der Waals surface area contributed by atoms with E-state index in [1.807, 2.05) is 0 Å². The maximum absolute atomic E-state index is 13.2. The van der Waals surface area contributed by atoms with Gasteiger partial charge in [-0.2, -0.15) is 13.2 Å². The van der Waals surface area contributed by atoms with E-state index in [-0.39, 0.29) is 18.0 Å². The second-order valence-corrected chi connectivity index (χ2v) is 4.64. The van der Waals surface area contributed by atoms with Crippen molar-refractivity contribution in [1.29, 1.82) is 0 Å². The monoisotopic (exact) mass is 347 g/mol. The van der Waals surface area contributed by atoms with Gasteiger partial charge in [-0.3, -0.25) is 4.79 Å². The minimum Gasteiger partial charge on any atom is -0.488 e. The third-order valence-corrected chi connectivity index (χ3v) is 3.07. The van der Waals surface area contributed by atoms with Gasteiger partial charge in [0.2, 0.25) is 0 Å². The van der Waals surface area contributed by atoms with E-state index in [9.17, 15) is 18.0 Å². The first-order valence-corrected chi connectivity index (χ1v) is 7.15. The van der Waals surface area contributed by atoms with Crippen molar-refractivity contribution in [3.63, 3.8) is 0 Å². The summed E-state index contributed by atoms with van der Waals surface area (Å²) in [6.45, 7) is 1.51. The predicted molar refractivity (Wildman–Crippen MR) is 78.6 cm³/mol. The summed E-state index contributed by atoms with van der Waals surface area (Å²) in [5, 5.41) is 6.01. The number of carbonyl (C=O) groups is 1. The van der Waals surface area contributed by atoms with Crippen molar-refractivity contribution in [3.05, 3.63) is 41.6 Å². The summed E-state index contributed by atoms with van der Waals surface area (Å²) in [6.07, 6.45) is -4.72. The highest BCUT2D eigenvalue weighted by atomic mass is 35.5. The molecule has 0 saturated heterocycles. The molecular weight excluding hydrogens is 335 g/mol. The van der Waals surface area contributed by atoms with Crippen LogP contribution in [0, 0.1) is 0 Å². The van der Waals surface area contributed by atoms with Gasteiger partial charge in [-0.25, -0.2) is 4.68 Å². The van der Waals surface area contributed by atoms with Crippen LogP contribution in [0.3, 0.4) is 0 Å². The molecule has 0 saturated carbocycles. The molecule has 0 aliphatic heterocycles. The van der Waals surface area contributed by atoms with Crippen LogP contribution in [0.15, 0.2) is 30.3 Å². The number of nitrogens with zero attached hydrogens (tertiary/aromatic N) is 2. The van der Waals surface area contributed by atoms with Gasteiger partial charge < -0.3 is 10.1 Å². The summed E-state index contributed by atoms with van der Waals surface area (Å²) in [5.41, 5.74) is -0.860. The lowest BCUT2D eigenvalue weighted by Gasteiger charge is -2.11. The van der Waals surface area contributed by atoms with Crippen molar-refractivity contribution in [3.8, 4) is 5.75 Å². The van der Waals surface area contributed by atoms with Crippen molar-refractivity contribution >= 4 is 23.3 Å². The van der Waals surface area contributed by atoms with Gasteiger partial charge in [0.15, 0.2) is 17.3 Å². The van der Waals surface area contributed by atoms with Gasteiger partial charge in [0.25, 0.3) is 5.91 Å². The molecule has 124 valence electrons. The van der Waals surface area contributed by atoms with Gasteiger partial charge in [0.05, 0.1) is 6.61 Å².